The molecule has 8 nitrogen and oxygen atoms in total. The second-order valence-corrected chi connectivity index (χ2v) is 10.9. The highest BCUT2D eigenvalue weighted by Gasteiger charge is 2.35. The first-order valence-electron chi connectivity index (χ1n) is 11.0. The van der Waals surface area contributed by atoms with Crippen LogP contribution in [0.4, 0.5) is 8.78 Å². The van der Waals surface area contributed by atoms with Gasteiger partial charge in [0.15, 0.2) is 11.6 Å². The van der Waals surface area contributed by atoms with E-state index in [9.17, 15) is 31.6 Å². The van der Waals surface area contributed by atoms with E-state index < -0.39 is 45.6 Å². The standard InChI is InChI=1S/C22H29F2N3O5S/c1-13(2)21(22(30)26-33(31,32)12-14-6-7-14)25-18(28)10-16-8-9-19(29)27(16)11-15-4-3-5-17(23)20(15)24/h3-5,13-14,16,21H,6-12H2,1-2H3,(H,25,28)(H,26,30)/t16-,21-/m0/s1. The van der Waals surface area contributed by atoms with Crippen LogP contribution in [0.25, 0.3) is 0 Å². The number of nitrogens with one attached hydrogen (secondary N) is 2. The van der Waals surface area contributed by atoms with Crippen LogP contribution in [0.15, 0.2) is 18.2 Å². The molecule has 2 aliphatic rings. The summed E-state index contributed by atoms with van der Waals surface area (Å²) in [6, 6.07) is 2.09. The summed E-state index contributed by atoms with van der Waals surface area (Å²) in [6.07, 6.45) is 2.01. The topological polar surface area (TPSA) is 113 Å². The second kappa shape index (κ2) is 10.1. The summed E-state index contributed by atoms with van der Waals surface area (Å²) in [7, 11) is -3.78. The van der Waals surface area contributed by atoms with E-state index in [1.165, 1.54) is 17.0 Å². The quantitative estimate of drug-likeness (QED) is 0.525. The van der Waals surface area contributed by atoms with E-state index in [1.54, 1.807) is 13.8 Å². The summed E-state index contributed by atoms with van der Waals surface area (Å²) in [5, 5.41) is 2.57. The molecule has 1 aromatic carbocycles. The molecule has 182 valence electrons. The first kappa shape index (κ1) is 25.1. The van der Waals surface area contributed by atoms with E-state index in [0.29, 0.717) is 6.42 Å². The number of carbonyl (C=O) groups is 3. The van der Waals surface area contributed by atoms with Crippen LogP contribution in [-0.2, 0) is 31.0 Å². The lowest BCUT2D eigenvalue weighted by Crippen LogP contribution is -2.52. The smallest absolute Gasteiger partial charge is 0.256 e. The maximum atomic E-state index is 14.1. The Bertz CT molecular complexity index is 1030. The molecule has 2 N–H and O–H groups in total. The molecule has 0 unspecified atom stereocenters. The van der Waals surface area contributed by atoms with Crippen molar-refractivity contribution < 1.29 is 31.6 Å². The Morgan fingerprint density at radius 3 is 2.52 bits per heavy atom. The lowest BCUT2D eigenvalue weighted by atomic mass is 10.0. The van der Waals surface area contributed by atoms with Crippen molar-refractivity contribution in [2.45, 2.75) is 64.6 Å². The molecule has 1 saturated heterocycles. The summed E-state index contributed by atoms with van der Waals surface area (Å²) in [6.45, 7) is 3.18. The average Bonchev–Trinajstić information content (AvgIpc) is 3.46. The first-order chi connectivity index (χ1) is 15.5. The summed E-state index contributed by atoms with van der Waals surface area (Å²) < 4.78 is 53.9. The molecule has 2 fully saturated rings. The third kappa shape index (κ3) is 6.72. The fourth-order valence-corrected chi connectivity index (χ4v) is 5.38. The van der Waals surface area contributed by atoms with E-state index in [2.05, 4.69) is 5.32 Å². The van der Waals surface area contributed by atoms with Crippen LogP contribution in [0.1, 0.15) is 51.5 Å². The highest BCUT2D eigenvalue weighted by Crippen LogP contribution is 2.30. The van der Waals surface area contributed by atoms with Gasteiger partial charge < -0.3 is 10.2 Å². The van der Waals surface area contributed by atoms with Gasteiger partial charge in [0.2, 0.25) is 21.8 Å². The third-order valence-electron chi connectivity index (χ3n) is 5.92. The van der Waals surface area contributed by atoms with Gasteiger partial charge in [-0.25, -0.2) is 17.2 Å². The van der Waals surface area contributed by atoms with Crippen LogP contribution in [0.5, 0.6) is 0 Å². The van der Waals surface area contributed by atoms with E-state index >= 15 is 0 Å². The fourth-order valence-electron chi connectivity index (χ4n) is 3.91. The molecule has 1 aromatic rings. The number of amides is 3. The zero-order chi connectivity index (χ0) is 24.3. The van der Waals surface area contributed by atoms with Gasteiger partial charge in [0, 0.05) is 31.0 Å². The largest absolute Gasteiger partial charge is 0.344 e. The van der Waals surface area contributed by atoms with Gasteiger partial charge in [-0.15, -0.1) is 0 Å². The van der Waals surface area contributed by atoms with Crippen LogP contribution in [0.2, 0.25) is 0 Å². The molecule has 1 saturated carbocycles. The Labute approximate surface area is 192 Å². The lowest BCUT2D eigenvalue weighted by molar-refractivity contribution is -0.132. The van der Waals surface area contributed by atoms with Gasteiger partial charge in [0.25, 0.3) is 5.91 Å². The highest BCUT2D eigenvalue weighted by molar-refractivity contribution is 7.90. The molecule has 0 aromatic heterocycles. The minimum absolute atomic E-state index is 0.0102. The predicted octanol–water partition coefficient (Wildman–Crippen LogP) is 1.84. The van der Waals surface area contributed by atoms with E-state index in [0.717, 1.165) is 18.9 Å². The van der Waals surface area contributed by atoms with Gasteiger partial charge in [-0.1, -0.05) is 26.0 Å². The number of carbonyl (C=O) groups excluding carboxylic acids is 3. The van der Waals surface area contributed by atoms with Crippen molar-refractivity contribution >= 4 is 27.7 Å². The van der Waals surface area contributed by atoms with Crippen LogP contribution in [0, 0.1) is 23.5 Å². The summed E-state index contributed by atoms with van der Waals surface area (Å²) in [5.41, 5.74) is 0.0102. The molecule has 2 atom stereocenters. The molecule has 1 heterocycles. The van der Waals surface area contributed by atoms with Gasteiger partial charge in [-0.2, -0.15) is 0 Å². The molecular formula is C22H29F2N3O5S. The molecule has 0 bridgehead atoms. The summed E-state index contributed by atoms with van der Waals surface area (Å²) in [4.78, 5) is 38.9. The van der Waals surface area contributed by atoms with Crippen molar-refractivity contribution in [1.82, 2.24) is 14.9 Å². The molecule has 1 aliphatic heterocycles. The fraction of sp³-hybridized carbons (Fsp3) is 0.591. The lowest BCUT2D eigenvalue weighted by Gasteiger charge is -2.26. The Morgan fingerprint density at radius 2 is 1.88 bits per heavy atom. The van der Waals surface area contributed by atoms with Gasteiger partial charge >= 0.3 is 0 Å². The van der Waals surface area contributed by atoms with Gasteiger partial charge in [0.1, 0.15) is 6.04 Å². The predicted molar refractivity (Wildman–Crippen MR) is 116 cm³/mol. The van der Waals surface area contributed by atoms with E-state index in [4.69, 9.17) is 0 Å². The number of benzene rings is 1. The summed E-state index contributed by atoms with van der Waals surface area (Å²) in [5.74, 6) is -4.11. The van der Waals surface area contributed by atoms with Crippen LogP contribution < -0.4 is 10.0 Å². The second-order valence-electron chi connectivity index (χ2n) is 9.11. The van der Waals surface area contributed by atoms with Gasteiger partial charge in [0.05, 0.1) is 5.75 Å². The Balaban J connectivity index is 1.62. The maximum Gasteiger partial charge on any atom is 0.256 e. The average molecular weight is 486 g/mol. The van der Waals surface area contributed by atoms with Crippen molar-refractivity contribution in [2.75, 3.05) is 5.75 Å². The molecule has 0 radical (unpaired) electrons. The molecule has 0 spiro atoms. The highest BCUT2D eigenvalue weighted by atomic mass is 32.2. The first-order valence-corrected chi connectivity index (χ1v) is 12.7. The zero-order valence-electron chi connectivity index (χ0n) is 18.6. The molecule has 3 amide bonds. The maximum absolute atomic E-state index is 14.1. The van der Waals surface area contributed by atoms with Gasteiger partial charge in [-0.3, -0.25) is 19.1 Å². The molecular weight excluding hydrogens is 456 g/mol. The van der Waals surface area contributed by atoms with Gasteiger partial charge in [-0.05, 0) is 37.2 Å². The van der Waals surface area contributed by atoms with Crippen molar-refractivity contribution in [2.24, 2.45) is 11.8 Å². The van der Waals surface area contributed by atoms with Crippen molar-refractivity contribution in [3.8, 4) is 0 Å². The third-order valence-corrected chi connectivity index (χ3v) is 7.34. The number of halogens is 2. The van der Waals surface area contributed by atoms with Crippen molar-refractivity contribution in [3.05, 3.63) is 35.4 Å². The van der Waals surface area contributed by atoms with Crippen molar-refractivity contribution in [3.63, 3.8) is 0 Å². The number of hydrogen-bond acceptors (Lipinski definition) is 5. The number of rotatable bonds is 10. The monoisotopic (exact) mass is 485 g/mol. The Hall–Kier alpha value is -2.56. The molecule has 11 heteroatoms. The number of sulfonamides is 1. The number of nitrogens with zero attached hydrogens (tertiary/aromatic N) is 1. The normalized spacial score (nSPS) is 19.6. The number of hydrogen-bond donors (Lipinski definition) is 2. The van der Waals surface area contributed by atoms with Crippen LogP contribution >= 0.6 is 0 Å². The minimum atomic E-state index is -3.78. The minimum Gasteiger partial charge on any atom is -0.344 e. The SMILES string of the molecule is CC(C)[C@H](NC(=O)C[C@@H]1CCC(=O)N1Cc1cccc(F)c1F)C(=O)NS(=O)(=O)CC1CC1. The molecule has 1 aliphatic carbocycles. The molecule has 33 heavy (non-hydrogen) atoms. The van der Waals surface area contributed by atoms with E-state index in [1.807, 2.05) is 4.72 Å². The molecule has 3 rings (SSSR count). The van der Waals surface area contributed by atoms with E-state index in [-0.39, 0.29) is 48.4 Å². The zero-order valence-corrected chi connectivity index (χ0v) is 19.5. The van der Waals surface area contributed by atoms with Crippen molar-refractivity contribution in [1.29, 1.82) is 0 Å². The van der Waals surface area contributed by atoms with Crippen LogP contribution in [-0.4, -0.2) is 48.9 Å². The summed E-state index contributed by atoms with van der Waals surface area (Å²) >= 11 is 0. The Kier molecular flexibility index (Phi) is 7.71. The Morgan fingerprint density at radius 1 is 1.18 bits per heavy atom. The van der Waals surface area contributed by atoms with Crippen LogP contribution in [0.3, 0.4) is 0 Å². The number of likely N-dealkylation sites (tertiary alicyclic amines) is 1.